The highest BCUT2D eigenvalue weighted by Gasteiger charge is 2.31. The average Bonchev–Trinajstić information content (AvgIpc) is 3.12. The fraction of sp³-hybridized carbons (Fsp3) is 0.286. The maximum absolute atomic E-state index is 14.5. The summed E-state index contributed by atoms with van der Waals surface area (Å²) in [6, 6.07) is 7.91. The first-order valence-corrected chi connectivity index (χ1v) is 9.33. The Morgan fingerprint density at radius 3 is 2.50 bits per heavy atom. The highest BCUT2D eigenvalue weighted by atomic mass is 19.4. The number of ether oxygens (including phenoxy) is 1. The van der Waals surface area contributed by atoms with Crippen LogP contribution in [0.15, 0.2) is 42.5 Å². The number of imidazole rings is 1. The van der Waals surface area contributed by atoms with Crippen LogP contribution in [0.5, 0.6) is 0 Å². The number of nitrogens with zero attached hydrogens (tertiary/aromatic N) is 2. The SMILES string of the molecule is Fc1ccc(-c2nc(-c3cccc(C(F)(F)F)c3)[nH]c2CN2CCOCC2)c(F)c1. The van der Waals surface area contributed by atoms with Gasteiger partial charge in [0.1, 0.15) is 17.5 Å². The molecule has 0 amide bonds. The second-order valence-corrected chi connectivity index (χ2v) is 7.00. The quantitative estimate of drug-likeness (QED) is 0.609. The molecule has 0 atom stereocenters. The fourth-order valence-electron chi connectivity index (χ4n) is 3.39. The molecule has 4 rings (SSSR count). The van der Waals surface area contributed by atoms with Crippen molar-refractivity contribution in [1.82, 2.24) is 14.9 Å². The zero-order chi connectivity index (χ0) is 21.3. The maximum Gasteiger partial charge on any atom is 0.416 e. The lowest BCUT2D eigenvalue weighted by atomic mass is 10.1. The summed E-state index contributed by atoms with van der Waals surface area (Å²) in [6.45, 7) is 2.79. The van der Waals surface area contributed by atoms with Crippen LogP contribution in [0.3, 0.4) is 0 Å². The predicted octanol–water partition coefficient (Wildman–Crippen LogP) is 4.87. The second-order valence-electron chi connectivity index (χ2n) is 7.00. The van der Waals surface area contributed by atoms with Gasteiger partial charge in [-0.25, -0.2) is 13.8 Å². The van der Waals surface area contributed by atoms with Crippen molar-refractivity contribution < 1.29 is 26.7 Å². The van der Waals surface area contributed by atoms with Gasteiger partial charge in [0.2, 0.25) is 0 Å². The Kier molecular flexibility index (Phi) is 5.57. The second kappa shape index (κ2) is 8.16. The van der Waals surface area contributed by atoms with Gasteiger partial charge in [0, 0.05) is 36.8 Å². The molecule has 1 aromatic heterocycles. The Hall–Kier alpha value is -2.78. The molecule has 0 saturated carbocycles. The van der Waals surface area contributed by atoms with Gasteiger partial charge in [0.25, 0.3) is 0 Å². The maximum atomic E-state index is 14.5. The average molecular weight is 423 g/mol. The van der Waals surface area contributed by atoms with Crippen molar-refractivity contribution in [3.05, 3.63) is 65.4 Å². The molecule has 4 nitrogen and oxygen atoms in total. The molecule has 1 aliphatic heterocycles. The Morgan fingerprint density at radius 1 is 1.03 bits per heavy atom. The lowest BCUT2D eigenvalue weighted by Gasteiger charge is -2.26. The van der Waals surface area contributed by atoms with E-state index in [4.69, 9.17) is 4.74 Å². The van der Waals surface area contributed by atoms with Crippen LogP contribution in [0.1, 0.15) is 11.3 Å². The highest BCUT2D eigenvalue weighted by Crippen LogP contribution is 2.33. The van der Waals surface area contributed by atoms with Crippen molar-refractivity contribution in [2.24, 2.45) is 0 Å². The number of alkyl halides is 3. The van der Waals surface area contributed by atoms with Gasteiger partial charge in [-0.1, -0.05) is 12.1 Å². The van der Waals surface area contributed by atoms with Gasteiger partial charge < -0.3 is 9.72 Å². The molecular formula is C21H18F5N3O. The number of aromatic nitrogens is 2. The van der Waals surface area contributed by atoms with Crippen LogP contribution < -0.4 is 0 Å². The molecule has 1 aliphatic rings. The minimum Gasteiger partial charge on any atom is -0.379 e. The third-order valence-electron chi connectivity index (χ3n) is 4.91. The van der Waals surface area contributed by atoms with E-state index < -0.39 is 23.4 Å². The predicted molar refractivity (Wildman–Crippen MR) is 100 cm³/mol. The number of H-pyrrole nitrogens is 1. The van der Waals surface area contributed by atoms with E-state index in [9.17, 15) is 22.0 Å². The molecule has 9 heteroatoms. The summed E-state index contributed by atoms with van der Waals surface area (Å²) in [4.78, 5) is 9.50. The van der Waals surface area contributed by atoms with E-state index in [2.05, 4.69) is 14.9 Å². The zero-order valence-electron chi connectivity index (χ0n) is 15.8. The van der Waals surface area contributed by atoms with Gasteiger partial charge in [-0.05, 0) is 24.3 Å². The van der Waals surface area contributed by atoms with E-state index in [-0.39, 0.29) is 22.6 Å². The van der Waals surface area contributed by atoms with Crippen molar-refractivity contribution in [3.8, 4) is 22.6 Å². The van der Waals surface area contributed by atoms with E-state index in [1.807, 2.05) is 0 Å². The van der Waals surface area contributed by atoms with Crippen LogP contribution in [0.25, 0.3) is 22.6 Å². The summed E-state index contributed by atoms with van der Waals surface area (Å²) in [5, 5.41) is 0. The molecule has 30 heavy (non-hydrogen) atoms. The number of morpholine rings is 1. The lowest BCUT2D eigenvalue weighted by molar-refractivity contribution is -0.137. The molecule has 0 bridgehead atoms. The molecular weight excluding hydrogens is 405 g/mol. The summed E-state index contributed by atoms with van der Waals surface area (Å²) in [5.74, 6) is -1.33. The Bertz CT molecular complexity index is 1040. The smallest absolute Gasteiger partial charge is 0.379 e. The number of nitrogens with one attached hydrogen (secondary N) is 1. The molecule has 2 aromatic carbocycles. The standard InChI is InChI=1S/C21H18F5N3O/c22-15-4-5-16(17(23)11-15)19-18(12-29-6-8-30-9-7-29)27-20(28-19)13-2-1-3-14(10-13)21(24,25)26/h1-5,10-11H,6-9,12H2,(H,27,28). The van der Waals surface area contributed by atoms with E-state index in [0.717, 1.165) is 24.3 Å². The van der Waals surface area contributed by atoms with E-state index in [0.29, 0.717) is 38.5 Å². The lowest BCUT2D eigenvalue weighted by Crippen LogP contribution is -2.35. The van der Waals surface area contributed by atoms with Crippen molar-refractivity contribution in [2.45, 2.75) is 12.7 Å². The monoisotopic (exact) mass is 423 g/mol. The Morgan fingerprint density at radius 2 is 1.80 bits per heavy atom. The first-order valence-electron chi connectivity index (χ1n) is 9.33. The molecule has 0 spiro atoms. The molecule has 3 aromatic rings. The fourth-order valence-corrected chi connectivity index (χ4v) is 3.39. The molecule has 1 saturated heterocycles. The molecule has 0 aliphatic carbocycles. The van der Waals surface area contributed by atoms with Crippen LogP contribution in [0.2, 0.25) is 0 Å². The van der Waals surface area contributed by atoms with Gasteiger partial charge in [-0.15, -0.1) is 0 Å². The van der Waals surface area contributed by atoms with Crippen molar-refractivity contribution in [1.29, 1.82) is 0 Å². The van der Waals surface area contributed by atoms with Gasteiger partial charge >= 0.3 is 6.18 Å². The molecule has 1 N–H and O–H groups in total. The van der Waals surface area contributed by atoms with E-state index in [1.54, 1.807) is 0 Å². The number of hydrogen-bond acceptors (Lipinski definition) is 3. The number of benzene rings is 2. The van der Waals surface area contributed by atoms with Gasteiger partial charge in [-0.2, -0.15) is 13.2 Å². The summed E-state index contributed by atoms with van der Waals surface area (Å²) in [5.41, 5.74) is 0.276. The van der Waals surface area contributed by atoms with Crippen molar-refractivity contribution >= 4 is 0 Å². The van der Waals surface area contributed by atoms with Crippen LogP contribution in [0, 0.1) is 11.6 Å². The number of hydrogen-bond donors (Lipinski definition) is 1. The minimum atomic E-state index is -4.49. The minimum absolute atomic E-state index is 0.0779. The molecule has 0 unspecified atom stereocenters. The van der Waals surface area contributed by atoms with Gasteiger partial charge in [0.05, 0.1) is 30.2 Å². The van der Waals surface area contributed by atoms with Gasteiger partial charge in [-0.3, -0.25) is 4.90 Å². The summed E-state index contributed by atoms with van der Waals surface area (Å²) in [6.07, 6.45) is -4.49. The molecule has 0 radical (unpaired) electrons. The Balaban J connectivity index is 1.77. The largest absolute Gasteiger partial charge is 0.416 e. The molecule has 1 fully saturated rings. The van der Waals surface area contributed by atoms with Crippen LogP contribution in [-0.2, 0) is 17.5 Å². The highest BCUT2D eigenvalue weighted by molar-refractivity contribution is 5.68. The first kappa shape index (κ1) is 20.5. The van der Waals surface area contributed by atoms with Gasteiger partial charge in [0.15, 0.2) is 0 Å². The first-order chi connectivity index (χ1) is 14.3. The normalized spacial score (nSPS) is 15.5. The van der Waals surface area contributed by atoms with E-state index >= 15 is 0 Å². The third-order valence-corrected chi connectivity index (χ3v) is 4.91. The summed E-state index contributed by atoms with van der Waals surface area (Å²) >= 11 is 0. The number of aromatic amines is 1. The van der Waals surface area contributed by atoms with Crippen LogP contribution in [0.4, 0.5) is 22.0 Å². The van der Waals surface area contributed by atoms with Crippen molar-refractivity contribution in [2.75, 3.05) is 26.3 Å². The topological polar surface area (TPSA) is 41.2 Å². The number of halogens is 5. The zero-order valence-corrected chi connectivity index (χ0v) is 15.8. The number of rotatable bonds is 4. The van der Waals surface area contributed by atoms with Crippen molar-refractivity contribution in [3.63, 3.8) is 0 Å². The van der Waals surface area contributed by atoms with Crippen LogP contribution >= 0.6 is 0 Å². The Labute approximate surface area is 169 Å². The summed E-state index contributed by atoms with van der Waals surface area (Å²) in [7, 11) is 0. The molecule has 158 valence electrons. The third kappa shape index (κ3) is 4.36. The van der Waals surface area contributed by atoms with Crippen LogP contribution in [-0.4, -0.2) is 41.2 Å². The molecule has 2 heterocycles. The van der Waals surface area contributed by atoms with E-state index in [1.165, 1.54) is 18.2 Å². The summed E-state index contributed by atoms with van der Waals surface area (Å²) < 4.78 is 72.4.